The lowest BCUT2D eigenvalue weighted by atomic mass is 10.0. The number of methoxy groups -OCH3 is 1. The van der Waals surface area contributed by atoms with E-state index in [1.165, 1.54) is 7.11 Å². The SMILES string of the molecule is COc1ccc(CNC(C)(CN)C(F)(F)F)cc1. The van der Waals surface area contributed by atoms with E-state index >= 15 is 0 Å². The molecule has 1 aromatic carbocycles. The van der Waals surface area contributed by atoms with Crippen LogP contribution in [0.2, 0.25) is 0 Å². The van der Waals surface area contributed by atoms with Gasteiger partial charge in [-0.15, -0.1) is 0 Å². The largest absolute Gasteiger partial charge is 0.497 e. The minimum Gasteiger partial charge on any atom is -0.497 e. The first-order valence-corrected chi connectivity index (χ1v) is 5.47. The van der Waals surface area contributed by atoms with Gasteiger partial charge in [-0.3, -0.25) is 5.32 Å². The molecular formula is C12H17F3N2O. The Hall–Kier alpha value is -1.27. The molecule has 6 heteroatoms. The highest BCUT2D eigenvalue weighted by atomic mass is 19.4. The van der Waals surface area contributed by atoms with Crippen molar-refractivity contribution in [1.82, 2.24) is 5.32 Å². The van der Waals surface area contributed by atoms with Crippen LogP contribution in [0, 0.1) is 0 Å². The summed E-state index contributed by atoms with van der Waals surface area (Å²) in [6.07, 6.45) is -4.38. The zero-order valence-corrected chi connectivity index (χ0v) is 10.3. The van der Waals surface area contributed by atoms with Crippen molar-refractivity contribution in [1.29, 1.82) is 0 Å². The summed E-state index contributed by atoms with van der Waals surface area (Å²) >= 11 is 0. The van der Waals surface area contributed by atoms with Crippen molar-refractivity contribution in [3.63, 3.8) is 0 Å². The van der Waals surface area contributed by atoms with Crippen LogP contribution in [0.4, 0.5) is 13.2 Å². The van der Waals surface area contributed by atoms with Crippen LogP contribution in [0.25, 0.3) is 0 Å². The molecule has 0 fully saturated rings. The minimum absolute atomic E-state index is 0.0944. The highest BCUT2D eigenvalue weighted by molar-refractivity contribution is 5.27. The van der Waals surface area contributed by atoms with E-state index in [1.807, 2.05) is 0 Å². The fourth-order valence-corrected chi connectivity index (χ4v) is 1.33. The summed E-state index contributed by atoms with van der Waals surface area (Å²) in [4.78, 5) is 0. The second kappa shape index (κ2) is 5.58. The predicted octanol–water partition coefficient (Wildman–Crippen LogP) is 2.06. The second-order valence-corrected chi connectivity index (χ2v) is 4.24. The van der Waals surface area contributed by atoms with Crippen LogP contribution in [0.1, 0.15) is 12.5 Å². The molecule has 0 spiro atoms. The monoisotopic (exact) mass is 262 g/mol. The fourth-order valence-electron chi connectivity index (χ4n) is 1.33. The Labute approximate surface area is 104 Å². The Bertz CT molecular complexity index is 378. The van der Waals surface area contributed by atoms with Crippen molar-refractivity contribution in [2.24, 2.45) is 5.73 Å². The van der Waals surface area contributed by atoms with Gasteiger partial charge in [-0.1, -0.05) is 12.1 Å². The Balaban J connectivity index is 2.68. The molecule has 18 heavy (non-hydrogen) atoms. The molecule has 0 bridgehead atoms. The standard InChI is InChI=1S/C12H17F3N2O/c1-11(8-16,12(13,14)15)17-7-9-3-5-10(18-2)6-4-9/h3-6,17H,7-8,16H2,1-2H3. The van der Waals surface area contributed by atoms with Crippen LogP contribution in [-0.2, 0) is 6.54 Å². The van der Waals surface area contributed by atoms with E-state index in [0.29, 0.717) is 5.75 Å². The molecule has 0 saturated carbocycles. The highest BCUT2D eigenvalue weighted by Crippen LogP contribution is 2.29. The molecule has 1 rings (SSSR count). The van der Waals surface area contributed by atoms with Gasteiger partial charge in [0.25, 0.3) is 0 Å². The number of ether oxygens (including phenoxy) is 1. The lowest BCUT2D eigenvalue weighted by Crippen LogP contribution is -2.58. The lowest BCUT2D eigenvalue weighted by Gasteiger charge is -2.31. The molecular weight excluding hydrogens is 245 g/mol. The molecule has 0 aromatic heterocycles. The summed E-state index contributed by atoms with van der Waals surface area (Å²) in [6, 6.07) is 6.81. The van der Waals surface area contributed by atoms with Gasteiger partial charge in [0.1, 0.15) is 11.3 Å². The van der Waals surface area contributed by atoms with Gasteiger partial charge in [0.2, 0.25) is 0 Å². The van der Waals surface area contributed by atoms with Crippen molar-refractivity contribution in [2.75, 3.05) is 13.7 Å². The van der Waals surface area contributed by atoms with Gasteiger partial charge >= 0.3 is 6.18 Å². The molecule has 0 amide bonds. The first-order chi connectivity index (χ1) is 8.32. The molecule has 3 nitrogen and oxygen atoms in total. The van der Waals surface area contributed by atoms with Gasteiger partial charge < -0.3 is 10.5 Å². The molecule has 3 N–H and O–H groups in total. The van der Waals surface area contributed by atoms with E-state index in [4.69, 9.17) is 10.5 Å². The van der Waals surface area contributed by atoms with E-state index in [9.17, 15) is 13.2 Å². The molecule has 1 unspecified atom stereocenters. The number of hydrogen-bond acceptors (Lipinski definition) is 3. The number of halogens is 3. The van der Waals surface area contributed by atoms with Crippen molar-refractivity contribution in [3.8, 4) is 5.75 Å². The maximum Gasteiger partial charge on any atom is 0.407 e. The zero-order chi connectivity index (χ0) is 13.8. The van der Waals surface area contributed by atoms with E-state index in [0.717, 1.165) is 12.5 Å². The van der Waals surface area contributed by atoms with Gasteiger partial charge in [0.15, 0.2) is 0 Å². The van der Waals surface area contributed by atoms with E-state index in [-0.39, 0.29) is 6.54 Å². The minimum atomic E-state index is -4.38. The van der Waals surface area contributed by atoms with Crippen molar-refractivity contribution < 1.29 is 17.9 Å². The Morgan fingerprint density at radius 3 is 2.17 bits per heavy atom. The molecule has 0 heterocycles. The average Bonchev–Trinajstić information content (AvgIpc) is 2.35. The van der Waals surface area contributed by atoms with Crippen LogP contribution >= 0.6 is 0 Å². The number of rotatable bonds is 5. The van der Waals surface area contributed by atoms with Gasteiger partial charge in [-0.25, -0.2) is 0 Å². The topological polar surface area (TPSA) is 47.3 Å². The third-order valence-electron chi connectivity index (χ3n) is 2.88. The van der Waals surface area contributed by atoms with Crippen LogP contribution < -0.4 is 15.8 Å². The lowest BCUT2D eigenvalue weighted by molar-refractivity contribution is -0.188. The molecule has 102 valence electrons. The molecule has 1 aromatic rings. The van der Waals surface area contributed by atoms with Crippen molar-refractivity contribution >= 4 is 0 Å². The quantitative estimate of drug-likeness (QED) is 0.854. The van der Waals surface area contributed by atoms with Gasteiger partial charge in [0.05, 0.1) is 7.11 Å². The number of nitrogens with one attached hydrogen (secondary N) is 1. The highest BCUT2D eigenvalue weighted by Gasteiger charge is 2.49. The van der Waals surface area contributed by atoms with Gasteiger partial charge in [0, 0.05) is 13.1 Å². The fraction of sp³-hybridized carbons (Fsp3) is 0.500. The summed E-state index contributed by atoms with van der Waals surface area (Å²) in [5.74, 6) is 0.663. The Kier molecular flexibility index (Phi) is 4.59. The number of nitrogens with two attached hydrogens (primary N) is 1. The van der Waals surface area contributed by atoms with E-state index < -0.39 is 18.3 Å². The second-order valence-electron chi connectivity index (χ2n) is 4.24. The predicted molar refractivity (Wildman–Crippen MR) is 63.3 cm³/mol. The average molecular weight is 262 g/mol. The third-order valence-corrected chi connectivity index (χ3v) is 2.88. The molecule has 0 saturated heterocycles. The first-order valence-electron chi connectivity index (χ1n) is 5.47. The van der Waals surface area contributed by atoms with Crippen LogP contribution in [0.3, 0.4) is 0 Å². The molecule has 0 aliphatic carbocycles. The maximum absolute atomic E-state index is 12.8. The first kappa shape index (κ1) is 14.8. The molecule has 0 aliphatic rings. The Morgan fingerprint density at radius 1 is 1.22 bits per heavy atom. The third kappa shape index (κ3) is 3.36. The van der Waals surface area contributed by atoms with E-state index in [1.54, 1.807) is 24.3 Å². The summed E-state index contributed by atoms with van der Waals surface area (Å²) in [6.45, 7) is 0.639. The normalized spacial score (nSPS) is 15.2. The van der Waals surface area contributed by atoms with Crippen molar-refractivity contribution in [3.05, 3.63) is 29.8 Å². The Morgan fingerprint density at radius 2 is 1.78 bits per heavy atom. The number of benzene rings is 1. The van der Waals surface area contributed by atoms with E-state index in [2.05, 4.69) is 5.32 Å². The van der Waals surface area contributed by atoms with Crippen LogP contribution in [0.15, 0.2) is 24.3 Å². The molecule has 0 radical (unpaired) electrons. The van der Waals surface area contributed by atoms with Gasteiger partial charge in [-0.2, -0.15) is 13.2 Å². The van der Waals surface area contributed by atoms with Crippen LogP contribution in [0.5, 0.6) is 5.75 Å². The van der Waals surface area contributed by atoms with Crippen molar-refractivity contribution in [2.45, 2.75) is 25.2 Å². The summed E-state index contributed by atoms with van der Waals surface area (Å²) in [5, 5.41) is 2.45. The summed E-state index contributed by atoms with van der Waals surface area (Å²) < 4.78 is 43.3. The summed E-state index contributed by atoms with van der Waals surface area (Å²) in [5.41, 5.74) is 3.86. The number of alkyl halides is 3. The smallest absolute Gasteiger partial charge is 0.407 e. The number of hydrogen-bond donors (Lipinski definition) is 2. The van der Waals surface area contributed by atoms with Crippen LogP contribution in [-0.4, -0.2) is 25.4 Å². The molecule has 1 atom stereocenters. The van der Waals surface area contributed by atoms with Gasteiger partial charge in [-0.05, 0) is 24.6 Å². The maximum atomic E-state index is 12.8. The molecule has 0 aliphatic heterocycles. The summed E-state index contributed by atoms with van der Waals surface area (Å²) in [7, 11) is 1.53. The zero-order valence-electron chi connectivity index (χ0n) is 10.3.